The molecule has 0 spiro atoms. The molecular weight excluding hydrogens is 348 g/mol. The lowest BCUT2D eigenvalue weighted by atomic mass is 10.0. The number of carbonyl (C=O) groups excluding carboxylic acids is 1. The Morgan fingerprint density at radius 1 is 1.19 bits per heavy atom. The highest BCUT2D eigenvalue weighted by Crippen LogP contribution is 2.15. The van der Waals surface area contributed by atoms with Gasteiger partial charge in [0.05, 0.1) is 13.2 Å². The minimum Gasteiger partial charge on any atom is -0.480 e. The van der Waals surface area contributed by atoms with Crippen molar-refractivity contribution in [3.8, 4) is 0 Å². The highest BCUT2D eigenvalue weighted by Gasteiger charge is 2.30. The van der Waals surface area contributed by atoms with Crippen LogP contribution in [0.3, 0.4) is 0 Å². The second kappa shape index (κ2) is 9.19. The largest absolute Gasteiger partial charge is 0.480 e. The normalized spacial score (nSPS) is 16.6. The third-order valence-electron chi connectivity index (χ3n) is 4.40. The SMILES string of the molecule is CN(C(=O)OC(C)(C)C)[C@@H](Cc1ccc(CN2CCOCC2)cc1)C(=O)O. The van der Waals surface area contributed by atoms with Gasteiger partial charge >= 0.3 is 12.1 Å². The van der Waals surface area contributed by atoms with Crippen LogP contribution in [0.5, 0.6) is 0 Å². The molecule has 7 heteroatoms. The van der Waals surface area contributed by atoms with Crippen molar-refractivity contribution in [1.82, 2.24) is 9.80 Å². The zero-order valence-electron chi connectivity index (χ0n) is 16.6. The summed E-state index contributed by atoms with van der Waals surface area (Å²) in [6.07, 6.45) is -0.415. The van der Waals surface area contributed by atoms with Crippen molar-refractivity contribution in [3.63, 3.8) is 0 Å². The lowest BCUT2D eigenvalue weighted by molar-refractivity contribution is -0.142. The van der Waals surface area contributed by atoms with Gasteiger partial charge in [-0.15, -0.1) is 0 Å². The Balaban J connectivity index is 1.99. The average Bonchev–Trinajstić information content (AvgIpc) is 2.59. The third-order valence-corrected chi connectivity index (χ3v) is 4.40. The van der Waals surface area contributed by atoms with Gasteiger partial charge in [0.15, 0.2) is 0 Å². The van der Waals surface area contributed by atoms with E-state index >= 15 is 0 Å². The maximum absolute atomic E-state index is 12.2. The molecule has 0 aromatic heterocycles. The lowest BCUT2D eigenvalue weighted by Gasteiger charge is -2.28. The van der Waals surface area contributed by atoms with Gasteiger partial charge in [-0.2, -0.15) is 0 Å². The molecule has 27 heavy (non-hydrogen) atoms. The third kappa shape index (κ3) is 6.84. The Morgan fingerprint density at radius 2 is 1.74 bits per heavy atom. The molecule has 0 radical (unpaired) electrons. The van der Waals surface area contributed by atoms with E-state index in [0.717, 1.165) is 43.3 Å². The van der Waals surface area contributed by atoms with Crippen LogP contribution in [0.4, 0.5) is 4.79 Å². The van der Waals surface area contributed by atoms with E-state index in [2.05, 4.69) is 4.90 Å². The fourth-order valence-corrected chi connectivity index (χ4v) is 2.87. The molecule has 1 fully saturated rings. The van der Waals surface area contributed by atoms with E-state index in [0.29, 0.717) is 0 Å². The number of amides is 1. The molecule has 0 saturated carbocycles. The molecule has 1 saturated heterocycles. The quantitative estimate of drug-likeness (QED) is 0.819. The molecule has 1 heterocycles. The van der Waals surface area contributed by atoms with E-state index < -0.39 is 23.7 Å². The number of benzene rings is 1. The predicted octanol–water partition coefficient (Wildman–Crippen LogP) is 2.38. The first kappa shape index (κ1) is 21.2. The highest BCUT2D eigenvalue weighted by atomic mass is 16.6. The van der Waals surface area contributed by atoms with E-state index in [9.17, 15) is 14.7 Å². The number of likely N-dealkylation sites (N-methyl/N-ethyl adjacent to an activating group) is 1. The Morgan fingerprint density at radius 3 is 2.26 bits per heavy atom. The monoisotopic (exact) mass is 378 g/mol. The molecule has 1 aromatic rings. The summed E-state index contributed by atoms with van der Waals surface area (Å²) in [5.41, 5.74) is 1.37. The van der Waals surface area contributed by atoms with E-state index in [-0.39, 0.29) is 6.42 Å². The van der Waals surface area contributed by atoms with Crippen molar-refractivity contribution in [2.24, 2.45) is 0 Å². The van der Waals surface area contributed by atoms with Crippen molar-refractivity contribution in [2.75, 3.05) is 33.4 Å². The average molecular weight is 378 g/mol. The van der Waals surface area contributed by atoms with Crippen LogP contribution in [0.25, 0.3) is 0 Å². The van der Waals surface area contributed by atoms with E-state index in [1.54, 1.807) is 20.8 Å². The van der Waals surface area contributed by atoms with Gasteiger partial charge in [-0.25, -0.2) is 9.59 Å². The molecule has 2 rings (SSSR count). The van der Waals surface area contributed by atoms with Crippen molar-refractivity contribution in [2.45, 2.75) is 45.4 Å². The molecule has 0 bridgehead atoms. The summed E-state index contributed by atoms with van der Waals surface area (Å²) in [6.45, 7) is 9.46. The summed E-state index contributed by atoms with van der Waals surface area (Å²) in [6, 6.07) is 6.89. The van der Waals surface area contributed by atoms with Gasteiger partial charge in [0.25, 0.3) is 0 Å². The number of aliphatic carboxylic acids is 1. The molecule has 1 amide bonds. The van der Waals surface area contributed by atoms with Crippen molar-refractivity contribution < 1.29 is 24.2 Å². The van der Waals surface area contributed by atoms with Crippen LogP contribution in [0, 0.1) is 0 Å². The van der Waals surface area contributed by atoms with E-state index in [1.165, 1.54) is 12.6 Å². The molecule has 1 N–H and O–H groups in total. The zero-order chi connectivity index (χ0) is 20.0. The van der Waals surface area contributed by atoms with E-state index in [1.807, 2.05) is 24.3 Å². The van der Waals surface area contributed by atoms with Gasteiger partial charge in [-0.05, 0) is 31.9 Å². The van der Waals surface area contributed by atoms with Gasteiger partial charge in [-0.1, -0.05) is 24.3 Å². The molecule has 1 atom stereocenters. The smallest absolute Gasteiger partial charge is 0.410 e. The fourth-order valence-electron chi connectivity index (χ4n) is 2.87. The molecule has 1 aliphatic heterocycles. The number of carboxylic acid groups (broad SMARTS) is 1. The number of nitrogens with zero attached hydrogens (tertiary/aromatic N) is 2. The topological polar surface area (TPSA) is 79.3 Å². The van der Waals surface area contributed by atoms with Crippen LogP contribution in [0.1, 0.15) is 31.9 Å². The first-order chi connectivity index (χ1) is 12.7. The van der Waals surface area contributed by atoms with Crippen molar-refractivity contribution >= 4 is 12.1 Å². The summed E-state index contributed by atoms with van der Waals surface area (Å²) < 4.78 is 10.6. The van der Waals surface area contributed by atoms with Crippen LogP contribution in [0.2, 0.25) is 0 Å². The van der Waals surface area contributed by atoms with Gasteiger partial charge < -0.3 is 14.6 Å². The summed E-state index contributed by atoms with van der Waals surface area (Å²) in [4.78, 5) is 27.3. The zero-order valence-corrected chi connectivity index (χ0v) is 16.6. The fraction of sp³-hybridized carbons (Fsp3) is 0.600. The molecule has 150 valence electrons. The minimum absolute atomic E-state index is 0.225. The van der Waals surface area contributed by atoms with Crippen molar-refractivity contribution in [1.29, 1.82) is 0 Å². The Kier molecular flexibility index (Phi) is 7.21. The van der Waals surface area contributed by atoms with Gasteiger partial charge in [-0.3, -0.25) is 9.80 Å². The van der Waals surface area contributed by atoms with Crippen LogP contribution in [0.15, 0.2) is 24.3 Å². The number of ether oxygens (including phenoxy) is 2. The predicted molar refractivity (Wildman–Crippen MR) is 102 cm³/mol. The number of rotatable bonds is 6. The molecule has 7 nitrogen and oxygen atoms in total. The number of carbonyl (C=O) groups is 2. The number of hydrogen-bond donors (Lipinski definition) is 1. The van der Waals surface area contributed by atoms with Gasteiger partial charge in [0, 0.05) is 33.1 Å². The van der Waals surface area contributed by atoms with Gasteiger partial charge in [0.2, 0.25) is 0 Å². The number of morpholine rings is 1. The summed E-state index contributed by atoms with van der Waals surface area (Å²) >= 11 is 0. The van der Waals surface area contributed by atoms with Gasteiger partial charge in [0.1, 0.15) is 11.6 Å². The first-order valence-corrected chi connectivity index (χ1v) is 9.22. The first-order valence-electron chi connectivity index (χ1n) is 9.22. The highest BCUT2D eigenvalue weighted by molar-refractivity contribution is 5.80. The maximum Gasteiger partial charge on any atom is 0.410 e. The minimum atomic E-state index is -1.05. The standard InChI is InChI=1S/C20H30N2O5/c1-20(2,3)27-19(25)21(4)17(18(23)24)13-15-5-7-16(8-6-15)14-22-9-11-26-12-10-22/h5-8,17H,9-14H2,1-4H3,(H,23,24)/t17-/m0/s1. The lowest BCUT2D eigenvalue weighted by Crippen LogP contribution is -2.46. The van der Waals surface area contributed by atoms with Crippen LogP contribution in [-0.4, -0.2) is 72.0 Å². The Labute approximate surface area is 160 Å². The van der Waals surface area contributed by atoms with Crippen molar-refractivity contribution in [3.05, 3.63) is 35.4 Å². The maximum atomic E-state index is 12.2. The second-order valence-electron chi connectivity index (χ2n) is 7.85. The molecule has 1 aliphatic rings. The van der Waals surface area contributed by atoms with E-state index in [4.69, 9.17) is 9.47 Å². The second-order valence-corrected chi connectivity index (χ2v) is 7.85. The Hall–Kier alpha value is -2.12. The summed E-state index contributed by atoms with van der Waals surface area (Å²) in [7, 11) is 1.46. The van der Waals surface area contributed by atoms with Crippen LogP contribution >= 0.6 is 0 Å². The molecular formula is C20H30N2O5. The van der Waals surface area contributed by atoms with Crippen LogP contribution in [-0.2, 0) is 27.2 Å². The number of carboxylic acids is 1. The summed E-state index contributed by atoms with van der Waals surface area (Å²) in [5, 5.41) is 9.56. The molecule has 0 aliphatic carbocycles. The Bertz CT molecular complexity index is 633. The molecule has 1 aromatic carbocycles. The molecule has 0 unspecified atom stereocenters. The number of hydrogen-bond acceptors (Lipinski definition) is 5. The summed E-state index contributed by atoms with van der Waals surface area (Å²) in [5.74, 6) is -1.05. The van der Waals surface area contributed by atoms with Crippen LogP contribution < -0.4 is 0 Å².